The van der Waals surface area contributed by atoms with Crippen molar-refractivity contribution in [2.45, 2.75) is 32.1 Å². The van der Waals surface area contributed by atoms with Gasteiger partial charge in [0.15, 0.2) is 0 Å². The maximum Gasteiger partial charge on any atom is 0.143 e. The fourth-order valence-corrected chi connectivity index (χ4v) is 2.25. The monoisotopic (exact) mass is 154 g/mol. The van der Waals surface area contributed by atoms with E-state index in [4.69, 9.17) is 4.74 Å². The van der Waals surface area contributed by atoms with Crippen LogP contribution in [0.3, 0.4) is 0 Å². The third-order valence-corrected chi connectivity index (χ3v) is 3.00. The predicted octanol–water partition coefficient (Wildman–Crippen LogP) is 1.54. The van der Waals surface area contributed by atoms with Gasteiger partial charge in [0.25, 0.3) is 0 Å². The van der Waals surface area contributed by atoms with Crippen LogP contribution in [0.1, 0.15) is 32.1 Å². The van der Waals surface area contributed by atoms with E-state index in [9.17, 15) is 4.79 Å². The molecule has 0 N–H and O–H groups in total. The van der Waals surface area contributed by atoms with Crippen LogP contribution in [0.15, 0.2) is 0 Å². The summed E-state index contributed by atoms with van der Waals surface area (Å²) in [5.74, 6) is 0.459. The lowest BCUT2D eigenvalue weighted by molar-refractivity contribution is -0.139. The highest BCUT2D eigenvalue weighted by molar-refractivity contribution is 5.85. The maximum absolute atomic E-state index is 11.5. The van der Waals surface area contributed by atoms with E-state index in [1.165, 1.54) is 12.8 Å². The Kier molecular flexibility index (Phi) is 1.72. The SMILES string of the molecule is O=C1CCOCC12CCCC2. The van der Waals surface area contributed by atoms with Gasteiger partial charge in [-0.2, -0.15) is 0 Å². The van der Waals surface area contributed by atoms with Gasteiger partial charge in [0.1, 0.15) is 5.78 Å². The molecule has 1 heterocycles. The van der Waals surface area contributed by atoms with Crippen LogP contribution in [0.5, 0.6) is 0 Å². The van der Waals surface area contributed by atoms with Gasteiger partial charge in [-0.3, -0.25) is 4.79 Å². The second kappa shape index (κ2) is 2.59. The molecule has 1 aliphatic carbocycles. The molecule has 2 nitrogen and oxygen atoms in total. The van der Waals surface area contributed by atoms with Gasteiger partial charge < -0.3 is 4.74 Å². The Morgan fingerprint density at radius 1 is 1.27 bits per heavy atom. The van der Waals surface area contributed by atoms with Gasteiger partial charge in [0, 0.05) is 6.42 Å². The molecule has 0 bridgehead atoms. The van der Waals surface area contributed by atoms with Crippen LogP contribution in [-0.4, -0.2) is 19.0 Å². The lowest BCUT2D eigenvalue weighted by Gasteiger charge is -2.31. The molecule has 2 rings (SSSR count). The van der Waals surface area contributed by atoms with E-state index in [0.29, 0.717) is 25.4 Å². The smallest absolute Gasteiger partial charge is 0.143 e. The topological polar surface area (TPSA) is 26.3 Å². The molecular weight excluding hydrogens is 140 g/mol. The summed E-state index contributed by atoms with van der Waals surface area (Å²) in [6.45, 7) is 1.35. The van der Waals surface area contributed by atoms with Gasteiger partial charge in [0.05, 0.1) is 18.6 Å². The van der Waals surface area contributed by atoms with Crippen molar-refractivity contribution in [1.82, 2.24) is 0 Å². The quantitative estimate of drug-likeness (QED) is 0.529. The predicted molar refractivity (Wildman–Crippen MR) is 41.3 cm³/mol. The molecule has 0 unspecified atom stereocenters. The summed E-state index contributed by atoms with van der Waals surface area (Å²) >= 11 is 0. The number of hydrogen-bond acceptors (Lipinski definition) is 2. The zero-order chi connectivity index (χ0) is 7.73. The largest absolute Gasteiger partial charge is 0.380 e. The van der Waals surface area contributed by atoms with Gasteiger partial charge in [0.2, 0.25) is 0 Å². The first-order valence-electron chi connectivity index (χ1n) is 4.45. The summed E-state index contributed by atoms with van der Waals surface area (Å²) in [5, 5.41) is 0. The Labute approximate surface area is 66.9 Å². The van der Waals surface area contributed by atoms with Crippen molar-refractivity contribution in [3.05, 3.63) is 0 Å². The Bertz CT molecular complexity index is 168. The van der Waals surface area contributed by atoms with Gasteiger partial charge in [-0.05, 0) is 12.8 Å². The fourth-order valence-electron chi connectivity index (χ4n) is 2.25. The highest BCUT2D eigenvalue weighted by atomic mass is 16.5. The average Bonchev–Trinajstić information content (AvgIpc) is 2.46. The lowest BCUT2D eigenvalue weighted by atomic mass is 9.80. The summed E-state index contributed by atoms with van der Waals surface area (Å²) in [7, 11) is 0. The van der Waals surface area contributed by atoms with Gasteiger partial charge in [-0.15, -0.1) is 0 Å². The molecule has 0 aromatic carbocycles. The van der Waals surface area contributed by atoms with Crippen LogP contribution in [0.25, 0.3) is 0 Å². The van der Waals surface area contributed by atoms with E-state index in [0.717, 1.165) is 12.8 Å². The molecule has 2 heteroatoms. The van der Waals surface area contributed by atoms with Gasteiger partial charge in [-0.25, -0.2) is 0 Å². The molecule has 1 spiro atoms. The molecule has 11 heavy (non-hydrogen) atoms. The summed E-state index contributed by atoms with van der Waals surface area (Å²) in [5.41, 5.74) is -0.0295. The molecule has 1 saturated carbocycles. The van der Waals surface area contributed by atoms with Crippen LogP contribution in [0, 0.1) is 5.41 Å². The highest BCUT2D eigenvalue weighted by Gasteiger charge is 2.42. The average molecular weight is 154 g/mol. The van der Waals surface area contributed by atoms with Crippen LogP contribution >= 0.6 is 0 Å². The molecule has 0 aromatic heterocycles. The number of carbonyl (C=O) groups is 1. The fraction of sp³-hybridized carbons (Fsp3) is 0.889. The second-order valence-corrected chi connectivity index (χ2v) is 3.71. The molecular formula is C9H14O2. The van der Waals surface area contributed by atoms with E-state index in [1.54, 1.807) is 0 Å². The Morgan fingerprint density at radius 2 is 2.00 bits per heavy atom. The van der Waals surface area contributed by atoms with Crippen molar-refractivity contribution in [3.63, 3.8) is 0 Å². The highest BCUT2D eigenvalue weighted by Crippen LogP contribution is 2.41. The van der Waals surface area contributed by atoms with Crippen molar-refractivity contribution in [3.8, 4) is 0 Å². The third kappa shape index (κ3) is 1.09. The zero-order valence-electron chi connectivity index (χ0n) is 6.77. The number of Topliss-reactive ketones (excluding diaryl/α,β-unsaturated/α-hetero) is 1. The van der Waals surface area contributed by atoms with E-state index in [1.807, 2.05) is 0 Å². The van der Waals surface area contributed by atoms with E-state index in [-0.39, 0.29) is 5.41 Å². The molecule has 0 aromatic rings. The van der Waals surface area contributed by atoms with E-state index in [2.05, 4.69) is 0 Å². The molecule has 62 valence electrons. The first kappa shape index (κ1) is 7.29. The number of carbonyl (C=O) groups excluding carboxylic acids is 1. The summed E-state index contributed by atoms with van der Waals surface area (Å²) in [4.78, 5) is 11.5. The Hall–Kier alpha value is -0.370. The van der Waals surface area contributed by atoms with Crippen molar-refractivity contribution in [1.29, 1.82) is 0 Å². The molecule has 2 fully saturated rings. The molecule has 0 atom stereocenters. The number of hydrogen-bond donors (Lipinski definition) is 0. The van der Waals surface area contributed by atoms with Crippen molar-refractivity contribution < 1.29 is 9.53 Å². The molecule has 1 saturated heterocycles. The molecule has 2 aliphatic rings. The third-order valence-electron chi connectivity index (χ3n) is 3.00. The van der Waals surface area contributed by atoms with Crippen molar-refractivity contribution >= 4 is 5.78 Å². The summed E-state index contributed by atoms with van der Waals surface area (Å²) in [6.07, 6.45) is 5.24. The summed E-state index contributed by atoms with van der Waals surface area (Å²) in [6, 6.07) is 0. The lowest BCUT2D eigenvalue weighted by Crippen LogP contribution is -2.38. The number of ketones is 1. The molecule has 0 radical (unpaired) electrons. The number of ether oxygens (including phenoxy) is 1. The minimum absolute atomic E-state index is 0.0295. The first-order valence-corrected chi connectivity index (χ1v) is 4.45. The van der Waals surface area contributed by atoms with Crippen LogP contribution < -0.4 is 0 Å². The Balaban J connectivity index is 2.13. The van der Waals surface area contributed by atoms with E-state index < -0.39 is 0 Å². The van der Waals surface area contributed by atoms with Crippen molar-refractivity contribution in [2.75, 3.05) is 13.2 Å². The number of rotatable bonds is 0. The molecule has 0 amide bonds. The minimum atomic E-state index is -0.0295. The van der Waals surface area contributed by atoms with E-state index >= 15 is 0 Å². The van der Waals surface area contributed by atoms with Gasteiger partial charge in [-0.1, -0.05) is 12.8 Å². The standard InChI is InChI=1S/C9H14O2/c10-8-3-6-11-7-9(8)4-1-2-5-9/h1-7H2. The Morgan fingerprint density at radius 3 is 2.64 bits per heavy atom. The van der Waals surface area contributed by atoms with Gasteiger partial charge >= 0.3 is 0 Å². The van der Waals surface area contributed by atoms with Crippen LogP contribution in [0.2, 0.25) is 0 Å². The normalized spacial score (nSPS) is 29.6. The summed E-state index contributed by atoms with van der Waals surface area (Å²) < 4.78 is 5.36. The second-order valence-electron chi connectivity index (χ2n) is 3.71. The van der Waals surface area contributed by atoms with Crippen LogP contribution in [-0.2, 0) is 9.53 Å². The minimum Gasteiger partial charge on any atom is -0.380 e. The maximum atomic E-state index is 11.5. The van der Waals surface area contributed by atoms with Crippen molar-refractivity contribution in [2.24, 2.45) is 5.41 Å². The molecule has 1 aliphatic heterocycles. The zero-order valence-corrected chi connectivity index (χ0v) is 6.77. The first-order chi connectivity index (χ1) is 5.33. The van der Waals surface area contributed by atoms with Crippen LogP contribution in [0.4, 0.5) is 0 Å².